The van der Waals surface area contributed by atoms with Gasteiger partial charge < -0.3 is 9.47 Å². The van der Waals surface area contributed by atoms with Crippen LogP contribution in [0.2, 0.25) is 0 Å². The van der Waals surface area contributed by atoms with Crippen molar-refractivity contribution in [2.45, 2.75) is 15.2 Å². The van der Waals surface area contributed by atoms with Crippen LogP contribution in [-0.4, -0.2) is 4.57 Å². The molecule has 8 aromatic carbocycles. The van der Waals surface area contributed by atoms with Crippen LogP contribution in [0.1, 0.15) is 22.3 Å². The molecule has 4 heterocycles. The number of hydrogen-bond donors (Lipinski definition) is 0. The molecule has 0 aliphatic carbocycles. The second-order valence-corrected chi connectivity index (χ2v) is 16.2. The second kappa shape index (κ2) is 11.0. The average Bonchev–Trinajstić information content (AvgIpc) is 3.77. The first-order valence-corrected chi connectivity index (χ1v) is 19.7. The molecule has 0 atom stereocenters. The molecule has 0 unspecified atom stereocenters. The molecule has 2 aliphatic rings. The predicted molar refractivity (Wildman–Crippen MR) is 224 cm³/mol. The molecule has 1 spiro atoms. The van der Waals surface area contributed by atoms with Crippen LogP contribution in [0.15, 0.2) is 192 Å². The predicted octanol–water partition coefficient (Wildman–Crippen LogP) is 13.8. The van der Waals surface area contributed by atoms with Crippen LogP contribution in [0.25, 0.3) is 47.7 Å². The molecule has 0 fully saturated rings. The molecule has 0 N–H and O–H groups in total. The van der Waals surface area contributed by atoms with E-state index in [2.05, 4.69) is 191 Å². The van der Waals surface area contributed by atoms with E-state index in [-0.39, 0.29) is 0 Å². The Hall–Kier alpha value is -6.07. The summed E-state index contributed by atoms with van der Waals surface area (Å²) in [5.74, 6) is 0. The van der Waals surface area contributed by atoms with Crippen molar-refractivity contribution in [1.82, 2.24) is 4.57 Å². The molecule has 4 heteroatoms. The quantitative estimate of drug-likeness (QED) is 0.176. The lowest BCUT2D eigenvalue weighted by Gasteiger charge is -2.49. The van der Waals surface area contributed by atoms with Gasteiger partial charge in [-0.25, -0.2) is 0 Å². The van der Waals surface area contributed by atoms with E-state index in [1.807, 2.05) is 23.1 Å². The van der Waals surface area contributed by atoms with Gasteiger partial charge in [0.05, 0.1) is 27.8 Å². The van der Waals surface area contributed by atoms with E-state index < -0.39 is 5.41 Å². The highest BCUT2D eigenvalue weighted by Crippen LogP contribution is 2.64. The fourth-order valence-corrected chi connectivity index (χ4v) is 11.8. The summed E-state index contributed by atoms with van der Waals surface area (Å²) in [6.07, 6.45) is 0. The van der Waals surface area contributed by atoms with Crippen LogP contribution in [0.5, 0.6) is 0 Å². The topological polar surface area (TPSA) is 8.17 Å². The summed E-state index contributed by atoms with van der Waals surface area (Å²) in [4.78, 5) is 5.08. The van der Waals surface area contributed by atoms with Gasteiger partial charge in [-0.15, -0.1) is 11.3 Å². The number of benzene rings is 8. The Balaban J connectivity index is 1.20. The Morgan fingerprint density at radius 2 is 1.06 bits per heavy atom. The fourth-order valence-electron chi connectivity index (χ4n) is 9.36. The van der Waals surface area contributed by atoms with Gasteiger partial charge in [-0.2, -0.15) is 0 Å². The van der Waals surface area contributed by atoms with Crippen molar-refractivity contribution in [3.63, 3.8) is 0 Å². The first-order chi connectivity index (χ1) is 26.3. The lowest BCUT2D eigenvalue weighted by Crippen LogP contribution is -2.39. The zero-order valence-corrected chi connectivity index (χ0v) is 30.2. The summed E-state index contributed by atoms with van der Waals surface area (Å²) in [7, 11) is 0. The fraction of sp³-hybridized carbons (Fsp3) is 0.0204. The molecule has 2 nitrogen and oxygen atoms in total. The summed E-state index contributed by atoms with van der Waals surface area (Å²) in [6, 6.07) is 67.7. The normalized spacial score (nSPS) is 14.1. The smallest absolute Gasteiger partial charge is 0.0764 e. The van der Waals surface area contributed by atoms with Crippen LogP contribution in [0.3, 0.4) is 0 Å². The maximum atomic E-state index is 2.49. The third-order valence-corrected chi connectivity index (χ3v) is 13.8. The molecule has 0 saturated carbocycles. The van der Waals surface area contributed by atoms with E-state index in [0.717, 1.165) is 5.69 Å². The molecule has 0 bridgehead atoms. The molecule has 2 aliphatic heterocycles. The number of hydrogen-bond acceptors (Lipinski definition) is 3. The van der Waals surface area contributed by atoms with E-state index in [4.69, 9.17) is 0 Å². The van der Waals surface area contributed by atoms with Crippen LogP contribution >= 0.6 is 23.1 Å². The number of para-hydroxylation sites is 4. The molecular formula is C49H30N2S2. The van der Waals surface area contributed by atoms with Crippen LogP contribution in [0, 0.1) is 0 Å². The van der Waals surface area contributed by atoms with Crippen LogP contribution in [-0.2, 0) is 5.41 Å². The van der Waals surface area contributed by atoms with Crippen molar-refractivity contribution in [3.8, 4) is 5.69 Å². The highest BCUT2D eigenvalue weighted by Gasteiger charge is 2.50. The van der Waals surface area contributed by atoms with E-state index in [1.54, 1.807) is 0 Å². The molecule has 10 aromatic rings. The number of fused-ring (bicyclic) bond motifs is 15. The first kappa shape index (κ1) is 29.5. The minimum atomic E-state index is -0.526. The summed E-state index contributed by atoms with van der Waals surface area (Å²) < 4.78 is 5.14. The summed E-state index contributed by atoms with van der Waals surface area (Å²) >= 11 is 3.80. The van der Waals surface area contributed by atoms with Gasteiger partial charge in [0.1, 0.15) is 0 Å². The Labute approximate surface area is 315 Å². The summed E-state index contributed by atoms with van der Waals surface area (Å²) in [5, 5.41) is 5.22. The van der Waals surface area contributed by atoms with Gasteiger partial charge in [0.15, 0.2) is 0 Å². The molecule has 12 rings (SSSR count). The molecule has 0 radical (unpaired) electrons. The first-order valence-electron chi connectivity index (χ1n) is 18.1. The molecule has 0 amide bonds. The van der Waals surface area contributed by atoms with Crippen molar-refractivity contribution in [1.29, 1.82) is 0 Å². The van der Waals surface area contributed by atoms with E-state index >= 15 is 0 Å². The maximum Gasteiger partial charge on any atom is 0.0764 e. The van der Waals surface area contributed by atoms with Crippen LogP contribution in [0.4, 0.5) is 17.1 Å². The van der Waals surface area contributed by atoms with E-state index in [0.29, 0.717) is 0 Å². The Kier molecular flexibility index (Phi) is 6.11. The molecule has 2 aromatic heterocycles. The van der Waals surface area contributed by atoms with Crippen molar-refractivity contribution >= 4 is 82.1 Å². The van der Waals surface area contributed by atoms with Gasteiger partial charge in [0.25, 0.3) is 0 Å². The Bertz CT molecular complexity index is 3070. The van der Waals surface area contributed by atoms with Gasteiger partial charge >= 0.3 is 0 Å². The molecule has 0 saturated heterocycles. The standard InChI is InChI=1S/C49H30N2S2/c1-2-14-31(15-3-1)50-41-22-10-6-18-36(41)49(37-19-7-11-23-42(37)50)38-20-8-13-25-46(38)53-48-39(49)27-28-43-47(48)34-17-4-9-21-40(34)51(43)32-26-29-45-35(30-32)33-16-5-12-24-44(33)52-45/h1-30H. The van der Waals surface area contributed by atoms with Gasteiger partial charge in [0, 0.05) is 52.1 Å². The highest BCUT2D eigenvalue weighted by molar-refractivity contribution is 7.99. The lowest BCUT2D eigenvalue weighted by atomic mass is 9.62. The summed E-state index contributed by atoms with van der Waals surface area (Å²) in [6.45, 7) is 0. The van der Waals surface area contributed by atoms with Gasteiger partial charge in [-0.3, -0.25) is 0 Å². The van der Waals surface area contributed by atoms with Gasteiger partial charge in [-0.1, -0.05) is 127 Å². The zero-order chi connectivity index (χ0) is 34.7. The highest BCUT2D eigenvalue weighted by atomic mass is 32.2. The average molecular weight is 711 g/mol. The Morgan fingerprint density at radius 1 is 0.415 bits per heavy atom. The second-order valence-electron chi connectivity index (χ2n) is 14.0. The molecular weight excluding hydrogens is 681 g/mol. The van der Waals surface area contributed by atoms with Gasteiger partial charge in [0.2, 0.25) is 0 Å². The Morgan fingerprint density at radius 3 is 1.87 bits per heavy atom. The number of nitrogens with zero attached hydrogens (tertiary/aromatic N) is 2. The maximum absolute atomic E-state index is 2.49. The van der Waals surface area contributed by atoms with E-state index in [1.165, 1.54) is 91.1 Å². The lowest BCUT2D eigenvalue weighted by molar-refractivity contribution is 0.695. The molecule has 248 valence electrons. The third-order valence-electron chi connectivity index (χ3n) is 11.4. The minimum absolute atomic E-state index is 0.526. The zero-order valence-electron chi connectivity index (χ0n) is 28.5. The molecule has 53 heavy (non-hydrogen) atoms. The number of aromatic nitrogens is 1. The number of rotatable bonds is 2. The van der Waals surface area contributed by atoms with Gasteiger partial charge in [-0.05, 0) is 89.0 Å². The minimum Gasteiger partial charge on any atom is -0.310 e. The monoisotopic (exact) mass is 710 g/mol. The number of thiophene rings is 1. The number of anilines is 3. The third kappa shape index (κ3) is 3.89. The SMILES string of the molecule is c1ccc(N2c3ccccc3C3(c4ccccc4Sc4c3ccc3c4c4ccccc4n3-c3ccc4sc5ccccc5c4c3)c3ccccc32)cc1. The van der Waals surface area contributed by atoms with Crippen molar-refractivity contribution in [3.05, 3.63) is 204 Å². The van der Waals surface area contributed by atoms with Crippen molar-refractivity contribution in [2.24, 2.45) is 0 Å². The van der Waals surface area contributed by atoms with Crippen molar-refractivity contribution < 1.29 is 0 Å². The van der Waals surface area contributed by atoms with Crippen molar-refractivity contribution in [2.75, 3.05) is 4.90 Å². The van der Waals surface area contributed by atoms with Crippen LogP contribution < -0.4 is 4.90 Å². The van der Waals surface area contributed by atoms with E-state index in [9.17, 15) is 0 Å². The largest absolute Gasteiger partial charge is 0.310 e. The summed E-state index contributed by atoms with van der Waals surface area (Å²) in [5.41, 5.74) is 12.0.